The highest BCUT2D eigenvalue weighted by molar-refractivity contribution is 5.95. The van der Waals surface area contributed by atoms with E-state index in [0.29, 0.717) is 16.7 Å². The van der Waals surface area contributed by atoms with Crippen LogP contribution in [0.3, 0.4) is 0 Å². The van der Waals surface area contributed by atoms with Gasteiger partial charge in [-0.25, -0.2) is 8.78 Å². The number of likely N-dealkylation sites (tertiary alicyclic amines) is 1. The number of carbonyl (C=O) groups excluding carboxylic acids is 1. The van der Waals surface area contributed by atoms with Gasteiger partial charge in [0.1, 0.15) is 18.1 Å². The van der Waals surface area contributed by atoms with Crippen LogP contribution in [0.15, 0.2) is 48.5 Å². The molecule has 22 heavy (non-hydrogen) atoms. The second-order valence-corrected chi connectivity index (χ2v) is 5.35. The Labute approximate surface area is 126 Å². The average Bonchev–Trinajstić information content (AvgIpc) is 2.87. The smallest absolute Gasteiger partial charge is 0.254 e. The molecule has 0 bridgehead atoms. The predicted molar refractivity (Wildman–Crippen MR) is 78.6 cm³/mol. The van der Waals surface area contributed by atoms with E-state index in [9.17, 15) is 18.7 Å². The summed E-state index contributed by atoms with van der Waals surface area (Å²) >= 11 is 0. The summed E-state index contributed by atoms with van der Waals surface area (Å²) in [5, 5.41) is 9.38. The zero-order chi connectivity index (χ0) is 15.7. The quantitative estimate of drug-likeness (QED) is 0.926. The number of aliphatic hydroxyl groups excluding tert-OH is 1. The van der Waals surface area contributed by atoms with Crippen LogP contribution in [-0.2, 0) is 0 Å². The predicted octanol–water partition coefficient (Wildman–Crippen LogP) is 2.65. The monoisotopic (exact) mass is 303 g/mol. The molecule has 0 unspecified atom stereocenters. The number of rotatable bonds is 2. The lowest BCUT2D eigenvalue weighted by Crippen LogP contribution is -2.29. The number of hydrogen-bond acceptors (Lipinski definition) is 2. The van der Waals surface area contributed by atoms with Gasteiger partial charge in [-0.1, -0.05) is 30.3 Å². The van der Waals surface area contributed by atoms with Gasteiger partial charge in [0, 0.05) is 17.7 Å². The molecule has 114 valence electrons. The maximum absolute atomic E-state index is 13.7. The first-order chi connectivity index (χ1) is 10.6. The van der Waals surface area contributed by atoms with E-state index < -0.39 is 12.3 Å². The standard InChI is InChI=1S/C17H15F2NO2/c18-14-4-2-1-3-13(14)11-5-7-12(8-6-11)17(22)20-9-15(19)16(21)10-20/h1-8,15-16,21H,9-10H2/t15-,16-/m1/s1. The third kappa shape index (κ3) is 2.72. The van der Waals surface area contributed by atoms with Crippen LogP contribution in [0, 0.1) is 5.82 Å². The molecule has 0 aliphatic carbocycles. The lowest BCUT2D eigenvalue weighted by Gasteiger charge is -2.15. The molecule has 0 spiro atoms. The zero-order valence-corrected chi connectivity index (χ0v) is 11.7. The van der Waals surface area contributed by atoms with Gasteiger partial charge in [0.05, 0.1) is 6.54 Å². The van der Waals surface area contributed by atoms with Crippen molar-refractivity contribution in [2.45, 2.75) is 12.3 Å². The summed E-state index contributed by atoms with van der Waals surface area (Å²) in [5.74, 6) is -0.663. The molecule has 1 N–H and O–H groups in total. The van der Waals surface area contributed by atoms with E-state index in [4.69, 9.17) is 0 Å². The summed E-state index contributed by atoms with van der Waals surface area (Å²) in [7, 11) is 0. The molecule has 1 heterocycles. The maximum Gasteiger partial charge on any atom is 0.254 e. The van der Waals surface area contributed by atoms with Crippen LogP contribution in [0.4, 0.5) is 8.78 Å². The Morgan fingerprint density at radius 3 is 2.36 bits per heavy atom. The minimum atomic E-state index is -1.40. The number of aliphatic hydroxyl groups is 1. The summed E-state index contributed by atoms with van der Waals surface area (Å²) in [6.07, 6.45) is -2.52. The van der Waals surface area contributed by atoms with Gasteiger partial charge in [-0.2, -0.15) is 0 Å². The Morgan fingerprint density at radius 1 is 1.09 bits per heavy atom. The SMILES string of the molecule is O=C(c1ccc(-c2ccccc2F)cc1)N1C[C@@H](O)[C@H](F)C1. The van der Waals surface area contributed by atoms with Gasteiger partial charge < -0.3 is 10.0 Å². The number of halogens is 2. The fourth-order valence-electron chi connectivity index (χ4n) is 2.58. The minimum absolute atomic E-state index is 0.00490. The van der Waals surface area contributed by atoms with E-state index in [2.05, 4.69) is 0 Å². The largest absolute Gasteiger partial charge is 0.388 e. The molecule has 0 saturated carbocycles. The molecular weight excluding hydrogens is 288 g/mol. The van der Waals surface area contributed by atoms with E-state index in [1.54, 1.807) is 42.5 Å². The number of nitrogens with zero attached hydrogens (tertiary/aromatic N) is 1. The van der Waals surface area contributed by atoms with Crippen LogP contribution in [0.1, 0.15) is 10.4 Å². The lowest BCUT2D eigenvalue weighted by atomic mass is 10.0. The Morgan fingerprint density at radius 2 is 1.77 bits per heavy atom. The summed E-state index contributed by atoms with van der Waals surface area (Å²) in [6, 6.07) is 12.9. The van der Waals surface area contributed by atoms with Gasteiger partial charge in [-0.3, -0.25) is 4.79 Å². The van der Waals surface area contributed by atoms with Crippen LogP contribution < -0.4 is 0 Å². The lowest BCUT2D eigenvalue weighted by molar-refractivity contribution is 0.0764. The summed E-state index contributed by atoms with van der Waals surface area (Å²) in [4.78, 5) is 13.5. The van der Waals surface area contributed by atoms with Crippen molar-refractivity contribution in [1.82, 2.24) is 4.90 Å². The van der Waals surface area contributed by atoms with Crippen molar-refractivity contribution in [2.75, 3.05) is 13.1 Å². The van der Waals surface area contributed by atoms with Gasteiger partial charge >= 0.3 is 0 Å². The first-order valence-corrected chi connectivity index (χ1v) is 7.02. The number of alkyl halides is 1. The van der Waals surface area contributed by atoms with Crippen molar-refractivity contribution < 1.29 is 18.7 Å². The van der Waals surface area contributed by atoms with Crippen LogP contribution in [0.2, 0.25) is 0 Å². The Hall–Kier alpha value is -2.27. The third-order valence-electron chi connectivity index (χ3n) is 3.82. The molecule has 2 aromatic carbocycles. The van der Waals surface area contributed by atoms with Crippen molar-refractivity contribution >= 4 is 5.91 Å². The molecular formula is C17H15F2NO2. The van der Waals surface area contributed by atoms with E-state index in [1.165, 1.54) is 11.0 Å². The summed E-state index contributed by atoms with van der Waals surface area (Å²) in [5.41, 5.74) is 1.52. The number of amides is 1. The fraction of sp³-hybridized carbons (Fsp3) is 0.235. The number of benzene rings is 2. The normalized spacial score (nSPS) is 21.1. The molecule has 1 fully saturated rings. The topological polar surface area (TPSA) is 40.5 Å². The van der Waals surface area contributed by atoms with Crippen molar-refractivity contribution in [3.05, 3.63) is 59.9 Å². The maximum atomic E-state index is 13.7. The van der Waals surface area contributed by atoms with Gasteiger partial charge in [0.2, 0.25) is 0 Å². The minimum Gasteiger partial charge on any atom is -0.388 e. The summed E-state index contributed by atoms with van der Waals surface area (Å²) in [6.45, 7) is -0.107. The molecule has 0 aromatic heterocycles. The van der Waals surface area contributed by atoms with Crippen molar-refractivity contribution in [1.29, 1.82) is 0 Å². The van der Waals surface area contributed by atoms with E-state index >= 15 is 0 Å². The Balaban J connectivity index is 1.80. The van der Waals surface area contributed by atoms with Gasteiger partial charge in [-0.15, -0.1) is 0 Å². The van der Waals surface area contributed by atoms with E-state index in [0.717, 1.165) is 0 Å². The molecule has 2 atom stereocenters. The van der Waals surface area contributed by atoms with Crippen molar-refractivity contribution in [3.8, 4) is 11.1 Å². The van der Waals surface area contributed by atoms with Gasteiger partial charge in [0.15, 0.2) is 0 Å². The Bertz CT molecular complexity index is 677. The summed E-state index contributed by atoms with van der Waals surface area (Å²) < 4.78 is 27.0. The van der Waals surface area contributed by atoms with Crippen LogP contribution in [-0.4, -0.2) is 41.3 Å². The molecule has 5 heteroatoms. The fourth-order valence-corrected chi connectivity index (χ4v) is 2.58. The third-order valence-corrected chi connectivity index (χ3v) is 3.82. The molecule has 2 aromatic rings. The second kappa shape index (κ2) is 5.85. The Kier molecular flexibility index (Phi) is 3.90. The van der Waals surface area contributed by atoms with Crippen LogP contribution in [0.5, 0.6) is 0 Å². The van der Waals surface area contributed by atoms with Gasteiger partial charge in [-0.05, 0) is 23.8 Å². The van der Waals surface area contributed by atoms with Crippen LogP contribution in [0.25, 0.3) is 11.1 Å². The number of β-amino-alcohol motifs (C(OH)–C–C–N with tert-alkyl or cyclic N) is 1. The second-order valence-electron chi connectivity index (χ2n) is 5.35. The molecule has 1 saturated heterocycles. The van der Waals surface area contributed by atoms with E-state index in [-0.39, 0.29) is 24.8 Å². The van der Waals surface area contributed by atoms with Crippen molar-refractivity contribution in [2.24, 2.45) is 0 Å². The highest BCUT2D eigenvalue weighted by Gasteiger charge is 2.34. The molecule has 1 aliphatic rings. The number of hydrogen-bond donors (Lipinski definition) is 1. The molecule has 3 nitrogen and oxygen atoms in total. The van der Waals surface area contributed by atoms with Crippen LogP contribution >= 0.6 is 0 Å². The molecule has 0 radical (unpaired) electrons. The molecule has 3 rings (SSSR count). The molecule has 1 amide bonds. The number of carbonyl (C=O) groups is 1. The average molecular weight is 303 g/mol. The van der Waals surface area contributed by atoms with Gasteiger partial charge in [0.25, 0.3) is 5.91 Å². The van der Waals surface area contributed by atoms with E-state index in [1.807, 2.05) is 0 Å². The molecule has 1 aliphatic heterocycles. The zero-order valence-electron chi connectivity index (χ0n) is 11.7. The highest BCUT2D eigenvalue weighted by atomic mass is 19.1. The first-order valence-electron chi connectivity index (χ1n) is 7.02. The highest BCUT2D eigenvalue weighted by Crippen LogP contribution is 2.24. The van der Waals surface area contributed by atoms with Crippen molar-refractivity contribution in [3.63, 3.8) is 0 Å². The first kappa shape index (κ1) is 14.7.